The molecule has 2 heterocycles. The molecule has 4 rings (SSSR count). The lowest BCUT2D eigenvalue weighted by molar-refractivity contribution is -0.398. The van der Waals surface area contributed by atoms with Crippen LogP contribution < -0.4 is 15.4 Å². The van der Waals surface area contributed by atoms with Crippen LogP contribution in [0.15, 0.2) is 16.9 Å². The molecule has 0 aliphatic heterocycles. The molecule has 0 bridgehead atoms. The lowest BCUT2D eigenvalue weighted by Crippen LogP contribution is -2.11. The van der Waals surface area contributed by atoms with Crippen LogP contribution in [0.2, 0.25) is 0 Å². The highest BCUT2D eigenvalue weighted by Gasteiger charge is 2.19. The molecule has 2 aromatic heterocycles. The van der Waals surface area contributed by atoms with E-state index in [4.69, 9.17) is 4.74 Å². The zero-order valence-corrected chi connectivity index (χ0v) is 15.8. The van der Waals surface area contributed by atoms with E-state index >= 15 is 0 Å². The quantitative estimate of drug-likeness (QED) is 0.533. The van der Waals surface area contributed by atoms with E-state index in [-0.39, 0.29) is 11.3 Å². The highest BCUT2D eigenvalue weighted by molar-refractivity contribution is 7.18. The molecule has 0 saturated heterocycles. The van der Waals surface area contributed by atoms with Crippen molar-refractivity contribution >= 4 is 39.4 Å². The number of fused-ring (bicyclic) bond motifs is 3. The third-order valence-corrected chi connectivity index (χ3v) is 5.94. The second-order valence-electron chi connectivity index (χ2n) is 6.50. The Bertz CT molecular complexity index is 1180. The number of H-pyrrole nitrogens is 1. The number of ether oxygens (including phenoxy) is 1. The molecule has 1 aliphatic carbocycles. The number of aryl methyl sites for hydroxylation is 2. The maximum absolute atomic E-state index is 12.6. The minimum Gasteiger partial charge on any atom is -0.865 e. The van der Waals surface area contributed by atoms with Crippen LogP contribution in [0.1, 0.15) is 34.7 Å². The number of thiophene rings is 1. The summed E-state index contributed by atoms with van der Waals surface area (Å²) in [7, 11) is 1.28. The van der Waals surface area contributed by atoms with Crippen molar-refractivity contribution in [2.24, 2.45) is 0 Å². The van der Waals surface area contributed by atoms with Gasteiger partial charge < -0.3 is 14.8 Å². The van der Waals surface area contributed by atoms with E-state index in [1.54, 1.807) is 23.5 Å². The van der Waals surface area contributed by atoms with Gasteiger partial charge in [-0.1, -0.05) is 6.08 Å². The van der Waals surface area contributed by atoms with Crippen molar-refractivity contribution in [1.29, 1.82) is 0 Å². The summed E-state index contributed by atoms with van der Waals surface area (Å²) >= 11 is 1.55. The molecule has 0 amide bonds. The smallest absolute Gasteiger partial charge is 0.266 e. The van der Waals surface area contributed by atoms with E-state index in [0.29, 0.717) is 21.6 Å². The molecule has 0 saturated carbocycles. The Hall–Kier alpha value is -3.20. The Labute approximate surface area is 163 Å². The first-order valence-electron chi connectivity index (χ1n) is 8.74. The summed E-state index contributed by atoms with van der Waals surface area (Å²) in [6.07, 6.45) is 7.19. The molecule has 1 N–H and O–H groups in total. The standard InChI is InChI=1S/C19H17N3O5S/c1-27-13-9-10(8-12(17(13)23)22(25)26)6-7-15-20-18(24)16-11-4-2-3-5-14(11)28-19(16)21-15/h6-9,23H,2-5H2,1H3,(H,20,21,24)/p-1/b7-6+. The third-order valence-electron chi connectivity index (χ3n) is 4.75. The monoisotopic (exact) mass is 398 g/mol. The predicted molar refractivity (Wildman–Crippen MR) is 105 cm³/mol. The van der Waals surface area contributed by atoms with Crippen molar-refractivity contribution < 1.29 is 14.8 Å². The van der Waals surface area contributed by atoms with Crippen molar-refractivity contribution in [2.75, 3.05) is 7.11 Å². The van der Waals surface area contributed by atoms with Gasteiger partial charge in [0.2, 0.25) is 0 Å². The van der Waals surface area contributed by atoms with E-state index in [2.05, 4.69) is 9.97 Å². The number of hydrogen-bond donors (Lipinski definition) is 1. The van der Waals surface area contributed by atoms with E-state index in [1.807, 2.05) is 0 Å². The average molecular weight is 398 g/mol. The van der Waals surface area contributed by atoms with Gasteiger partial charge in [0.25, 0.3) is 11.2 Å². The lowest BCUT2D eigenvalue weighted by atomic mass is 9.97. The van der Waals surface area contributed by atoms with E-state index in [1.165, 1.54) is 24.1 Å². The molecule has 0 fully saturated rings. The molecule has 0 atom stereocenters. The minimum atomic E-state index is -0.776. The number of nitrogens with one attached hydrogen (secondary N) is 1. The van der Waals surface area contributed by atoms with Crippen molar-refractivity contribution in [3.05, 3.63) is 54.4 Å². The number of benzene rings is 1. The molecule has 3 aromatic rings. The number of rotatable bonds is 4. The fraction of sp³-hybridized carbons (Fsp3) is 0.263. The highest BCUT2D eigenvalue weighted by atomic mass is 32.1. The number of methoxy groups -OCH3 is 1. The molecule has 8 nitrogen and oxygen atoms in total. The van der Waals surface area contributed by atoms with Crippen LogP contribution in [0, 0.1) is 10.1 Å². The number of nitrogens with zero attached hydrogens (tertiary/aromatic N) is 2. The Kier molecular flexibility index (Phi) is 4.60. The first-order chi connectivity index (χ1) is 13.5. The van der Waals surface area contributed by atoms with Crippen LogP contribution in [-0.4, -0.2) is 22.0 Å². The molecule has 1 aliphatic rings. The van der Waals surface area contributed by atoms with Gasteiger partial charge in [-0.3, -0.25) is 14.9 Å². The number of nitro benzene ring substituents is 1. The fourth-order valence-corrected chi connectivity index (χ4v) is 4.70. The largest absolute Gasteiger partial charge is 0.865 e. The Morgan fingerprint density at radius 1 is 1.29 bits per heavy atom. The molecule has 0 unspecified atom stereocenters. The number of aromatic amines is 1. The average Bonchev–Trinajstić information content (AvgIpc) is 3.05. The van der Waals surface area contributed by atoms with Gasteiger partial charge in [0.1, 0.15) is 16.4 Å². The molecule has 144 valence electrons. The van der Waals surface area contributed by atoms with Crippen molar-refractivity contribution in [3.8, 4) is 11.5 Å². The zero-order chi connectivity index (χ0) is 19.8. The van der Waals surface area contributed by atoms with Gasteiger partial charge in [-0.25, -0.2) is 4.98 Å². The number of hydrogen-bond acceptors (Lipinski definition) is 7. The van der Waals surface area contributed by atoms with Crippen LogP contribution in [0.3, 0.4) is 0 Å². The molecular formula is C19H16N3O5S-. The highest BCUT2D eigenvalue weighted by Crippen LogP contribution is 2.35. The lowest BCUT2D eigenvalue weighted by Gasteiger charge is -2.13. The van der Waals surface area contributed by atoms with E-state index in [0.717, 1.165) is 31.2 Å². The second kappa shape index (κ2) is 7.08. The third kappa shape index (κ3) is 3.13. The number of aromatic nitrogens is 2. The second-order valence-corrected chi connectivity index (χ2v) is 7.59. The van der Waals surface area contributed by atoms with Crippen LogP contribution in [-0.2, 0) is 12.8 Å². The molecule has 9 heteroatoms. The van der Waals surface area contributed by atoms with E-state index in [9.17, 15) is 20.0 Å². The van der Waals surface area contributed by atoms with Crippen LogP contribution >= 0.6 is 11.3 Å². The van der Waals surface area contributed by atoms with Crippen molar-refractivity contribution in [3.63, 3.8) is 0 Å². The van der Waals surface area contributed by atoms with Gasteiger partial charge in [-0.05, 0) is 49.0 Å². The molecule has 0 spiro atoms. The van der Waals surface area contributed by atoms with Crippen LogP contribution in [0.5, 0.6) is 11.5 Å². The summed E-state index contributed by atoms with van der Waals surface area (Å²) in [5.41, 5.74) is 0.766. The Morgan fingerprint density at radius 3 is 2.82 bits per heavy atom. The maximum atomic E-state index is 12.6. The summed E-state index contributed by atoms with van der Waals surface area (Å²) in [6, 6.07) is 2.58. The van der Waals surface area contributed by atoms with E-state index < -0.39 is 16.4 Å². The Balaban J connectivity index is 1.74. The summed E-state index contributed by atoms with van der Waals surface area (Å²) in [5, 5.41) is 23.6. The fourth-order valence-electron chi connectivity index (χ4n) is 3.43. The first-order valence-corrected chi connectivity index (χ1v) is 9.55. The summed E-state index contributed by atoms with van der Waals surface area (Å²) in [6.45, 7) is 0. The number of nitro groups is 1. The topological polar surface area (TPSA) is 121 Å². The Morgan fingerprint density at radius 2 is 2.07 bits per heavy atom. The van der Waals surface area contributed by atoms with Crippen molar-refractivity contribution in [1.82, 2.24) is 9.97 Å². The molecule has 0 radical (unpaired) electrons. The van der Waals surface area contributed by atoms with Gasteiger partial charge in [-0.15, -0.1) is 11.3 Å². The van der Waals surface area contributed by atoms with Gasteiger partial charge in [0.05, 0.1) is 17.4 Å². The predicted octanol–water partition coefficient (Wildman–Crippen LogP) is 3.02. The molecule has 1 aromatic carbocycles. The summed E-state index contributed by atoms with van der Waals surface area (Å²) in [4.78, 5) is 32.1. The van der Waals surface area contributed by atoms with Gasteiger partial charge in [-0.2, -0.15) is 0 Å². The van der Waals surface area contributed by atoms with Gasteiger partial charge >= 0.3 is 0 Å². The van der Waals surface area contributed by atoms with Gasteiger partial charge in [0, 0.05) is 16.7 Å². The van der Waals surface area contributed by atoms with Crippen LogP contribution in [0.4, 0.5) is 5.69 Å². The van der Waals surface area contributed by atoms with Crippen molar-refractivity contribution in [2.45, 2.75) is 25.7 Å². The normalized spacial score (nSPS) is 13.8. The van der Waals surface area contributed by atoms with Crippen LogP contribution in [0.25, 0.3) is 22.4 Å². The van der Waals surface area contributed by atoms with Gasteiger partial charge in [0.15, 0.2) is 0 Å². The molecular weight excluding hydrogens is 382 g/mol. The molecule has 28 heavy (non-hydrogen) atoms. The first kappa shape index (κ1) is 18.2. The zero-order valence-electron chi connectivity index (χ0n) is 15.0. The maximum Gasteiger partial charge on any atom is 0.266 e. The summed E-state index contributed by atoms with van der Waals surface area (Å²) < 4.78 is 4.93. The minimum absolute atomic E-state index is 0.114. The summed E-state index contributed by atoms with van der Waals surface area (Å²) in [5.74, 6) is -0.539. The SMILES string of the molecule is COc1cc(/C=C/c2nc3sc4c(c3c(=O)[nH]2)CCCC4)cc([N+](=O)[O-])c1[O-].